The zero-order chi connectivity index (χ0) is 16.9. The van der Waals surface area contributed by atoms with Gasteiger partial charge in [0, 0.05) is 37.6 Å². The highest BCUT2D eigenvalue weighted by Gasteiger charge is 2.34. The SMILES string of the molecule is CC(C)(CO)CN1C(=O)CCC1CCNCc1ccc(F)cc1. The first-order valence-corrected chi connectivity index (χ1v) is 8.27. The monoisotopic (exact) mass is 322 g/mol. The summed E-state index contributed by atoms with van der Waals surface area (Å²) in [5.41, 5.74) is 0.784. The Kier molecular flexibility index (Phi) is 6.13. The molecule has 2 N–H and O–H groups in total. The Hall–Kier alpha value is -1.46. The van der Waals surface area contributed by atoms with Crippen molar-refractivity contribution >= 4 is 5.91 Å². The number of aliphatic hydroxyl groups is 1. The maximum atomic E-state index is 12.8. The number of halogens is 1. The first kappa shape index (κ1) is 17.9. The maximum absolute atomic E-state index is 12.8. The lowest BCUT2D eigenvalue weighted by molar-refractivity contribution is -0.130. The molecule has 0 radical (unpaired) electrons. The minimum atomic E-state index is -0.264. The number of hydrogen-bond donors (Lipinski definition) is 2. The van der Waals surface area contributed by atoms with E-state index in [9.17, 15) is 14.3 Å². The van der Waals surface area contributed by atoms with Crippen LogP contribution in [0.25, 0.3) is 0 Å². The molecule has 1 amide bonds. The fourth-order valence-electron chi connectivity index (χ4n) is 2.93. The van der Waals surface area contributed by atoms with Crippen molar-refractivity contribution < 1.29 is 14.3 Å². The average Bonchev–Trinajstić information content (AvgIpc) is 2.86. The lowest BCUT2D eigenvalue weighted by Crippen LogP contribution is -2.42. The molecule has 1 fully saturated rings. The number of aliphatic hydroxyl groups excluding tert-OH is 1. The highest BCUT2D eigenvalue weighted by Crippen LogP contribution is 2.26. The second-order valence-corrected chi connectivity index (χ2v) is 7.13. The lowest BCUT2D eigenvalue weighted by Gasteiger charge is -2.32. The van der Waals surface area contributed by atoms with Crippen molar-refractivity contribution in [3.05, 3.63) is 35.6 Å². The molecule has 0 spiro atoms. The summed E-state index contributed by atoms with van der Waals surface area (Å²) in [4.78, 5) is 14.0. The summed E-state index contributed by atoms with van der Waals surface area (Å²) in [6, 6.07) is 6.72. The van der Waals surface area contributed by atoms with E-state index in [1.165, 1.54) is 12.1 Å². The topological polar surface area (TPSA) is 52.6 Å². The number of carbonyl (C=O) groups excluding carboxylic acids is 1. The first-order chi connectivity index (χ1) is 10.9. The second kappa shape index (κ2) is 7.88. The molecule has 1 aliphatic rings. The predicted molar refractivity (Wildman–Crippen MR) is 88.3 cm³/mol. The van der Waals surface area contributed by atoms with E-state index in [0.717, 1.165) is 24.9 Å². The third-order valence-corrected chi connectivity index (χ3v) is 4.38. The molecule has 1 aliphatic heterocycles. The van der Waals surface area contributed by atoms with E-state index in [2.05, 4.69) is 5.32 Å². The van der Waals surface area contributed by atoms with E-state index in [0.29, 0.717) is 19.5 Å². The normalized spacial score (nSPS) is 18.7. The van der Waals surface area contributed by atoms with E-state index in [1.807, 2.05) is 18.7 Å². The summed E-state index contributed by atoms with van der Waals surface area (Å²) < 4.78 is 12.8. The van der Waals surface area contributed by atoms with Crippen LogP contribution in [0, 0.1) is 11.2 Å². The number of nitrogens with one attached hydrogen (secondary N) is 1. The van der Waals surface area contributed by atoms with E-state index in [4.69, 9.17) is 0 Å². The minimum absolute atomic E-state index is 0.0757. The molecule has 1 atom stereocenters. The average molecular weight is 322 g/mol. The summed E-state index contributed by atoms with van der Waals surface area (Å²) >= 11 is 0. The van der Waals surface area contributed by atoms with Crippen molar-refractivity contribution in [1.82, 2.24) is 10.2 Å². The molecule has 1 heterocycles. The van der Waals surface area contributed by atoms with Gasteiger partial charge >= 0.3 is 0 Å². The third kappa shape index (κ3) is 5.29. The van der Waals surface area contributed by atoms with Crippen LogP contribution in [0.3, 0.4) is 0 Å². The molecule has 2 rings (SSSR count). The van der Waals surface area contributed by atoms with Crippen molar-refractivity contribution in [2.45, 2.75) is 45.7 Å². The van der Waals surface area contributed by atoms with Crippen molar-refractivity contribution in [1.29, 1.82) is 0 Å². The van der Waals surface area contributed by atoms with Crippen LogP contribution in [0.5, 0.6) is 0 Å². The number of amides is 1. The minimum Gasteiger partial charge on any atom is -0.396 e. The van der Waals surface area contributed by atoms with Gasteiger partial charge in [-0.25, -0.2) is 4.39 Å². The molecule has 0 bridgehead atoms. The van der Waals surface area contributed by atoms with Crippen molar-refractivity contribution in [2.75, 3.05) is 19.7 Å². The Labute approximate surface area is 137 Å². The van der Waals surface area contributed by atoms with Crippen molar-refractivity contribution in [3.63, 3.8) is 0 Å². The molecule has 1 aromatic rings. The first-order valence-electron chi connectivity index (χ1n) is 8.27. The molecule has 128 valence electrons. The fourth-order valence-corrected chi connectivity index (χ4v) is 2.93. The summed E-state index contributed by atoms with van der Waals surface area (Å²) in [6.07, 6.45) is 2.39. The van der Waals surface area contributed by atoms with E-state index in [1.54, 1.807) is 12.1 Å². The van der Waals surface area contributed by atoms with Crippen molar-refractivity contribution in [3.8, 4) is 0 Å². The van der Waals surface area contributed by atoms with Gasteiger partial charge in [-0.05, 0) is 37.1 Å². The predicted octanol–water partition coefficient (Wildman–Crippen LogP) is 2.31. The Morgan fingerprint density at radius 3 is 2.70 bits per heavy atom. The Bertz CT molecular complexity index is 516. The molecule has 0 aromatic heterocycles. The van der Waals surface area contributed by atoms with Gasteiger partial charge < -0.3 is 15.3 Å². The van der Waals surface area contributed by atoms with E-state index < -0.39 is 0 Å². The molecule has 5 heteroatoms. The molecule has 1 unspecified atom stereocenters. The van der Waals surface area contributed by atoms with Gasteiger partial charge in [-0.1, -0.05) is 26.0 Å². The van der Waals surface area contributed by atoms with Crippen LogP contribution < -0.4 is 5.32 Å². The number of nitrogens with zero attached hydrogens (tertiary/aromatic N) is 1. The molecule has 23 heavy (non-hydrogen) atoms. The number of rotatable bonds is 8. The largest absolute Gasteiger partial charge is 0.396 e. The van der Waals surface area contributed by atoms with E-state index >= 15 is 0 Å². The number of benzene rings is 1. The fraction of sp³-hybridized carbons (Fsp3) is 0.611. The number of likely N-dealkylation sites (tertiary alicyclic amines) is 1. The van der Waals surface area contributed by atoms with Crippen LogP contribution in [-0.2, 0) is 11.3 Å². The van der Waals surface area contributed by atoms with Crippen LogP contribution in [0.1, 0.15) is 38.7 Å². The smallest absolute Gasteiger partial charge is 0.222 e. The Morgan fingerprint density at radius 2 is 2.04 bits per heavy atom. The van der Waals surface area contributed by atoms with Crippen LogP contribution in [0.2, 0.25) is 0 Å². The molecule has 1 aromatic carbocycles. The lowest BCUT2D eigenvalue weighted by atomic mass is 9.93. The summed E-state index contributed by atoms with van der Waals surface area (Å²) in [5.74, 6) is -0.0320. The maximum Gasteiger partial charge on any atom is 0.222 e. The summed E-state index contributed by atoms with van der Waals surface area (Å²) in [6.45, 7) is 6.14. The van der Waals surface area contributed by atoms with Gasteiger partial charge in [0.1, 0.15) is 5.82 Å². The quantitative estimate of drug-likeness (QED) is 0.722. The van der Waals surface area contributed by atoms with Gasteiger partial charge in [0.25, 0.3) is 0 Å². The Morgan fingerprint density at radius 1 is 1.35 bits per heavy atom. The van der Waals surface area contributed by atoms with E-state index in [-0.39, 0.29) is 29.8 Å². The van der Waals surface area contributed by atoms with Crippen molar-refractivity contribution in [2.24, 2.45) is 5.41 Å². The van der Waals surface area contributed by atoms with Gasteiger partial charge in [-0.15, -0.1) is 0 Å². The zero-order valence-corrected chi connectivity index (χ0v) is 14.0. The highest BCUT2D eigenvalue weighted by atomic mass is 19.1. The summed E-state index contributed by atoms with van der Waals surface area (Å²) in [7, 11) is 0. The number of hydrogen-bond acceptors (Lipinski definition) is 3. The number of carbonyl (C=O) groups is 1. The molecule has 0 saturated carbocycles. The molecular formula is C18H27FN2O2. The zero-order valence-electron chi connectivity index (χ0n) is 14.0. The summed E-state index contributed by atoms with van der Waals surface area (Å²) in [5, 5.41) is 12.8. The van der Waals surface area contributed by atoms with Crippen LogP contribution in [0.15, 0.2) is 24.3 Å². The molecule has 1 saturated heterocycles. The van der Waals surface area contributed by atoms with Gasteiger partial charge in [-0.3, -0.25) is 4.79 Å². The Balaban J connectivity index is 1.77. The van der Waals surface area contributed by atoms with Gasteiger partial charge in [0.2, 0.25) is 5.91 Å². The third-order valence-electron chi connectivity index (χ3n) is 4.38. The second-order valence-electron chi connectivity index (χ2n) is 7.13. The van der Waals surface area contributed by atoms with Gasteiger partial charge in [0.15, 0.2) is 0 Å². The van der Waals surface area contributed by atoms with Crippen LogP contribution in [-0.4, -0.2) is 41.7 Å². The standard InChI is InChI=1S/C18H27FN2O2/c1-18(2,13-22)12-21-16(7-8-17(21)23)9-10-20-11-14-3-5-15(19)6-4-14/h3-6,16,20,22H,7-13H2,1-2H3. The van der Waals surface area contributed by atoms with Crippen LogP contribution in [0.4, 0.5) is 4.39 Å². The van der Waals surface area contributed by atoms with Crippen LogP contribution >= 0.6 is 0 Å². The molecule has 4 nitrogen and oxygen atoms in total. The van der Waals surface area contributed by atoms with Gasteiger partial charge in [-0.2, -0.15) is 0 Å². The molecular weight excluding hydrogens is 295 g/mol. The molecule has 0 aliphatic carbocycles. The highest BCUT2D eigenvalue weighted by molar-refractivity contribution is 5.78. The van der Waals surface area contributed by atoms with Gasteiger partial charge in [0.05, 0.1) is 0 Å².